The Labute approximate surface area is 143 Å². The molecule has 24 heavy (non-hydrogen) atoms. The first-order valence-electron chi connectivity index (χ1n) is 8.25. The highest BCUT2D eigenvalue weighted by atomic mass is 16.5. The molecule has 2 rings (SSSR count). The van der Waals surface area contributed by atoms with E-state index < -0.39 is 0 Å². The maximum atomic E-state index is 12.1. The molecule has 0 aromatic heterocycles. The highest BCUT2D eigenvalue weighted by molar-refractivity contribution is 5.78. The molecule has 0 aliphatic heterocycles. The van der Waals surface area contributed by atoms with E-state index in [1.807, 2.05) is 43.3 Å². The number of hydrogen-bond donors (Lipinski definition) is 1. The summed E-state index contributed by atoms with van der Waals surface area (Å²) in [5.41, 5.74) is 2.29. The van der Waals surface area contributed by atoms with Crippen molar-refractivity contribution in [2.45, 2.75) is 32.7 Å². The number of methoxy groups -OCH3 is 1. The minimum Gasteiger partial charge on any atom is -0.493 e. The maximum absolute atomic E-state index is 12.1. The van der Waals surface area contributed by atoms with Gasteiger partial charge in [-0.2, -0.15) is 0 Å². The van der Waals surface area contributed by atoms with E-state index in [0.717, 1.165) is 12.0 Å². The van der Waals surface area contributed by atoms with Gasteiger partial charge >= 0.3 is 0 Å². The molecule has 1 amide bonds. The monoisotopic (exact) mass is 327 g/mol. The van der Waals surface area contributed by atoms with Crippen LogP contribution in [0.15, 0.2) is 48.5 Å². The topological polar surface area (TPSA) is 47.6 Å². The first-order valence-corrected chi connectivity index (χ1v) is 8.25. The minimum atomic E-state index is -0.0858. The molecule has 0 unspecified atom stereocenters. The van der Waals surface area contributed by atoms with Crippen LogP contribution in [0.4, 0.5) is 0 Å². The molecule has 4 heteroatoms. The summed E-state index contributed by atoms with van der Waals surface area (Å²) < 4.78 is 11.0. The van der Waals surface area contributed by atoms with Crippen LogP contribution in [0, 0.1) is 0 Å². The van der Waals surface area contributed by atoms with Gasteiger partial charge in [-0.25, -0.2) is 0 Å². The van der Waals surface area contributed by atoms with E-state index in [1.54, 1.807) is 7.11 Å². The average Bonchev–Trinajstić information content (AvgIpc) is 2.60. The molecule has 0 aliphatic rings. The van der Waals surface area contributed by atoms with Crippen LogP contribution in [0.3, 0.4) is 0 Å². The summed E-state index contributed by atoms with van der Waals surface area (Å²) in [7, 11) is 1.61. The number of nitrogens with one attached hydrogen (secondary N) is 1. The second-order valence-corrected chi connectivity index (χ2v) is 5.78. The fourth-order valence-corrected chi connectivity index (χ4v) is 2.40. The number of carbonyl (C=O) groups is 1. The van der Waals surface area contributed by atoms with Gasteiger partial charge in [0.1, 0.15) is 6.61 Å². The molecule has 1 N–H and O–H groups in total. The van der Waals surface area contributed by atoms with E-state index in [0.29, 0.717) is 24.5 Å². The van der Waals surface area contributed by atoms with Crippen molar-refractivity contribution < 1.29 is 14.3 Å². The minimum absolute atomic E-state index is 0.00428. The number of carbonyl (C=O) groups excluding carboxylic acids is 1. The lowest BCUT2D eigenvalue weighted by Gasteiger charge is -2.16. The van der Waals surface area contributed by atoms with Gasteiger partial charge in [-0.1, -0.05) is 43.3 Å². The molecule has 128 valence electrons. The second kappa shape index (κ2) is 8.96. The van der Waals surface area contributed by atoms with Gasteiger partial charge in [-0.05, 0) is 36.6 Å². The molecular weight excluding hydrogens is 302 g/mol. The molecule has 0 fully saturated rings. The van der Waals surface area contributed by atoms with Gasteiger partial charge in [0.25, 0.3) is 0 Å². The molecule has 0 bridgehead atoms. The number of para-hydroxylation sites is 2. The maximum Gasteiger partial charge on any atom is 0.224 e. The van der Waals surface area contributed by atoms with Gasteiger partial charge in [0.05, 0.1) is 19.6 Å². The normalized spacial score (nSPS) is 11.6. The van der Waals surface area contributed by atoms with Crippen LogP contribution in [0.2, 0.25) is 0 Å². The zero-order chi connectivity index (χ0) is 17.4. The number of aryl methyl sites for hydroxylation is 1. The summed E-state index contributed by atoms with van der Waals surface area (Å²) in [6.45, 7) is 4.43. The fraction of sp³-hybridized carbons (Fsp3) is 0.350. The van der Waals surface area contributed by atoms with Gasteiger partial charge in [0.15, 0.2) is 11.5 Å². The van der Waals surface area contributed by atoms with Gasteiger partial charge in [0.2, 0.25) is 5.91 Å². The quantitative estimate of drug-likeness (QED) is 0.808. The SMILES string of the molecule is CCc1ccc(CC(=O)N[C@@H](C)COc2ccccc2OC)cc1. The number of amides is 1. The Hall–Kier alpha value is -2.49. The third-order valence-electron chi connectivity index (χ3n) is 3.76. The molecule has 0 radical (unpaired) electrons. The van der Waals surface area contributed by atoms with Crippen molar-refractivity contribution in [2.75, 3.05) is 13.7 Å². The van der Waals surface area contributed by atoms with E-state index in [2.05, 4.69) is 24.4 Å². The number of rotatable bonds is 8. The lowest BCUT2D eigenvalue weighted by atomic mass is 10.1. The van der Waals surface area contributed by atoms with Gasteiger partial charge in [-0.15, -0.1) is 0 Å². The van der Waals surface area contributed by atoms with Crippen LogP contribution < -0.4 is 14.8 Å². The number of hydrogen-bond acceptors (Lipinski definition) is 3. The lowest BCUT2D eigenvalue weighted by molar-refractivity contribution is -0.121. The Morgan fingerprint density at radius 1 is 1.04 bits per heavy atom. The first kappa shape index (κ1) is 17.9. The van der Waals surface area contributed by atoms with Gasteiger partial charge in [0, 0.05) is 0 Å². The zero-order valence-electron chi connectivity index (χ0n) is 14.5. The van der Waals surface area contributed by atoms with Crippen molar-refractivity contribution >= 4 is 5.91 Å². The highest BCUT2D eigenvalue weighted by Gasteiger charge is 2.10. The van der Waals surface area contributed by atoms with Crippen LogP contribution >= 0.6 is 0 Å². The molecule has 4 nitrogen and oxygen atoms in total. The molecular formula is C20H25NO3. The molecule has 2 aromatic carbocycles. The molecule has 2 aromatic rings. The van der Waals surface area contributed by atoms with Crippen LogP contribution in [-0.2, 0) is 17.6 Å². The van der Waals surface area contributed by atoms with Crippen LogP contribution in [0.25, 0.3) is 0 Å². The summed E-state index contributed by atoms with van der Waals surface area (Å²) in [6, 6.07) is 15.5. The summed E-state index contributed by atoms with van der Waals surface area (Å²) in [4.78, 5) is 12.1. The Bertz CT molecular complexity index is 652. The number of ether oxygens (including phenoxy) is 2. The van der Waals surface area contributed by atoms with Crippen LogP contribution in [0.1, 0.15) is 25.0 Å². The lowest BCUT2D eigenvalue weighted by Crippen LogP contribution is -2.37. The van der Waals surface area contributed by atoms with E-state index in [-0.39, 0.29) is 11.9 Å². The van der Waals surface area contributed by atoms with Crippen molar-refractivity contribution in [2.24, 2.45) is 0 Å². The van der Waals surface area contributed by atoms with Crippen molar-refractivity contribution in [1.29, 1.82) is 0 Å². The van der Waals surface area contributed by atoms with E-state index >= 15 is 0 Å². The Morgan fingerprint density at radius 2 is 1.67 bits per heavy atom. The smallest absolute Gasteiger partial charge is 0.224 e. The van der Waals surface area contributed by atoms with E-state index in [1.165, 1.54) is 5.56 Å². The van der Waals surface area contributed by atoms with E-state index in [4.69, 9.17) is 9.47 Å². The molecule has 0 spiro atoms. The summed E-state index contributed by atoms with van der Waals surface area (Å²) >= 11 is 0. The Balaban J connectivity index is 1.80. The average molecular weight is 327 g/mol. The first-order chi connectivity index (χ1) is 11.6. The predicted octanol–water partition coefficient (Wildman–Crippen LogP) is 3.38. The number of benzene rings is 2. The third-order valence-corrected chi connectivity index (χ3v) is 3.76. The van der Waals surface area contributed by atoms with Crippen molar-refractivity contribution in [1.82, 2.24) is 5.32 Å². The molecule has 0 saturated heterocycles. The zero-order valence-corrected chi connectivity index (χ0v) is 14.5. The highest BCUT2D eigenvalue weighted by Crippen LogP contribution is 2.25. The Kier molecular flexibility index (Phi) is 6.67. The Morgan fingerprint density at radius 3 is 2.29 bits per heavy atom. The van der Waals surface area contributed by atoms with Crippen molar-refractivity contribution in [3.63, 3.8) is 0 Å². The van der Waals surface area contributed by atoms with Gasteiger partial charge < -0.3 is 14.8 Å². The summed E-state index contributed by atoms with van der Waals surface area (Å²) in [5, 5.41) is 2.96. The molecule has 1 atom stereocenters. The third kappa shape index (κ3) is 5.30. The second-order valence-electron chi connectivity index (χ2n) is 5.78. The van der Waals surface area contributed by atoms with Gasteiger partial charge in [-0.3, -0.25) is 4.79 Å². The van der Waals surface area contributed by atoms with Crippen LogP contribution in [0.5, 0.6) is 11.5 Å². The van der Waals surface area contributed by atoms with E-state index in [9.17, 15) is 4.79 Å². The summed E-state index contributed by atoms with van der Waals surface area (Å²) in [5.74, 6) is 1.36. The largest absolute Gasteiger partial charge is 0.493 e. The summed E-state index contributed by atoms with van der Waals surface area (Å²) in [6.07, 6.45) is 1.38. The van der Waals surface area contributed by atoms with Crippen LogP contribution in [-0.4, -0.2) is 25.7 Å². The predicted molar refractivity (Wildman–Crippen MR) is 95.6 cm³/mol. The molecule has 0 heterocycles. The fourth-order valence-electron chi connectivity index (χ4n) is 2.40. The molecule has 0 aliphatic carbocycles. The molecule has 0 saturated carbocycles. The standard InChI is InChI=1S/C20H25NO3/c1-4-16-9-11-17(12-10-16)13-20(22)21-15(2)14-24-19-8-6-5-7-18(19)23-3/h5-12,15H,4,13-14H2,1-3H3,(H,21,22)/t15-/m0/s1. The van der Waals surface area contributed by atoms with Crippen molar-refractivity contribution in [3.05, 3.63) is 59.7 Å². The van der Waals surface area contributed by atoms with Crippen molar-refractivity contribution in [3.8, 4) is 11.5 Å².